The molecule has 0 bridgehead atoms. The first kappa shape index (κ1) is 17.9. The fourth-order valence-electron chi connectivity index (χ4n) is 2.10. The van der Waals surface area contributed by atoms with Crippen molar-refractivity contribution in [2.75, 3.05) is 6.54 Å². The Balaban J connectivity index is 2.19. The van der Waals surface area contributed by atoms with E-state index < -0.39 is 34.6 Å². The normalized spacial score (nSPS) is 14.3. The van der Waals surface area contributed by atoms with Gasteiger partial charge in [0.05, 0.1) is 23.9 Å². The zero-order valence-corrected chi connectivity index (χ0v) is 12.9. The smallest absolute Gasteiger partial charge is 0.383 e. The van der Waals surface area contributed by atoms with Gasteiger partial charge in [0.15, 0.2) is 0 Å². The molecule has 0 aliphatic heterocycles. The molecule has 5 nitrogen and oxygen atoms in total. The number of halogens is 4. The SMILES string of the molecule is Cn1cc(C(C)(O)CNC(=O)c2ccc(F)cc2C(F)(F)F)cn1. The van der Waals surface area contributed by atoms with E-state index >= 15 is 0 Å². The summed E-state index contributed by atoms with van der Waals surface area (Å²) < 4.78 is 53.3. The van der Waals surface area contributed by atoms with Crippen LogP contribution >= 0.6 is 0 Å². The Bertz CT molecular complexity index is 753. The van der Waals surface area contributed by atoms with Gasteiger partial charge in [0.2, 0.25) is 0 Å². The standard InChI is InChI=1S/C15H15F4N3O2/c1-14(24,9-6-21-22(2)7-9)8-20-13(23)11-4-3-10(16)5-12(11)15(17,18)19/h3-7,24H,8H2,1-2H3,(H,20,23). The lowest BCUT2D eigenvalue weighted by Gasteiger charge is -2.22. The summed E-state index contributed by atoms with van der Waals surface area (Å²) >= 11 is 0. The lowest BCUT2D eigenvalue weighted by molar-refractivity contribution is -0.138. The van der Waals surface area contributed by atoms with Crippen molar-refractivity contribution in [3.63, 3.8) is 0 Å². The van der Waals surface area contributed by atoms with E-state index in [1.807, 2.05) is 0 Å². The van der Waals surface area contributed by atoms with Crippen LogP contribution in [-0.4, -0.2) is 27.3 Å². The van der Waals surface area contributed by atoms with Crippen LogP contribution in [0.3, 0.4) is 0 Å². The third kappa shape index (κ3) is 3.91. The maximum absolute atomic E-state index is 13.1. The van der Waals surface area contributed by atoms with E-state index in [1.54, 1.807) is 7.05 Å². The molecule has 9 heteroatoms. The second-order valence-electron chi connectivity index (χ2n) is 5.55. The average molecular weight is 345 g/mol. The monoisotopic (exact) mass is 345 g/mol. The number of aryl methyl sites for hydroxylation is 1. The van der Waals surface area contributed by atoms with Crippen molar-refractivity contribution in [1.29, 1.82) is 0 Å². The number of hydrogen-bond acceptors (Lipinski definition) is 3. The molecule has 0 spiro atoms. The molecular weight excluding hydrogens is 330 g/mol. The van der Waals surface area contributed by atoms with E-state index in [0.717, 1.165) is 12.1 Å². The van der Waals surface area contributed by atoms with Crippen molar-refractivity contribution in [3.05, 3.63) is 53.1 Å². The number of aromatic nitrogens is 2. The van der Waals surface area contributed by atoms with Crippen LogP contribution in [0.5, 0.6) is 0 Å². The fraction of sp³-hybridized carbons (Fsp3) is 0.333. The summed E-state index contributed by atoms with van der Waals surface area (Å²) in [6.07, 6.45) is -1.98. The largest absolute Gasteiger partial charge is 0.417 e. The molecule has 130 valence electrons. The van der Waals surface area contributed by atoms with E-state index in [1.165, 1.54) is 24.0 Å². The highest BCUT2D eigenvalue weighted by Crippen LogP contribution is 2.32. The molecule has 0 aliphatic rings. The molecule has 2 N–H and O–H groups in total. The van der Waals surface area contributed by atoms with Crippen molar-refractivity contribution in [3.8, 4) is 0 Å². The quantitative estimate of drug-likeness (QED) is 0.835. The van der Waals surface area contributed by atoms with Gasteiger partial charge >= 0.3 is 6.18 Å². The predicted octanol–water partition coefficient (Wildman–Crippen LogP) is 2.22. The second kappa shape index (κ2) is 6.23. The van der Waals surface area contributed by atoms with E-state index in [-0.39, 0.29) is 12.6 Å². The molecule has 0 fully saturated rings. The van der Waals surface area contributed by atoms with Gasteiger partial charge in [0.25, 0.3) is 5.91 Å². The first-order valence-corrected chi connectivity index (χ1v) is 6.87. The van der Waals surface area contributed by atoms with Crippen molar-refractivity contribution in [2.24, 2.45) is 7.05 Å². The Labute approximate surface area is 134 Å². The maximum Gasteiger partial charge on any atom is 0.417 e. The molecule has 1 aromatic heterocycles. The summed E-state index contributed by atoms with van der Waals surface area (Å²) in [5.74, 6) is -2.16. The Morgan fingerprint density at radius 1 is 1.38 bits per heavy atom. The lowest BCUT2D eigenvalue weighted by atomic mass is 9.99. The van der Waals surface area contributed by atoms with Crippen molar-refractivity contribution >= 4 is 5.91 Å². The van der Waals surface area contributed by atoms with Gasteiger partial charge in [-0.3, -0.25) is 9.48 Å². The van der Waals surface area contributed by atoms with Crippen LogP contribution < -0.4 is 5.32 Å². The van der Waals surface area contributed by atoms with Crippen LogP contribution in [0.2, 0.25) is 0 Å². The summed E-state index contributed by atoms with van der Waals surface area (Å²) in [5, 5.41) is 16.4. The first-order chi connectivity index (χ1) is 11.0. The molecule has 0 saturated heterocycles. The highest BCUT2D eigenvalue weighted by atomic mass is 19.4. The molecule has 24 heavy (non-hydrogen) atoms. The third-order valence-corrected chi connectivity index (χ3v) is 3.45. The molecular formula is C15H15F4N3O2. The summed E-state index contributed by atoms with van der Waals surface area (Å²) in [4.78, 5) is 12.0. The first-order valence-electron chi connectivity index (χ1n) is 6.87. The number of carbonyl (C=O) groups excluding carboxylic acids is 1. The highest BCUT2D eigenvalue weighted by Gasteiger charge is 2.36. The van der Waals surface area contributed by atoms with Gasteiger partial charge < -0.3 is 10.4 Å². The lowest BCUT2D eigenvalue weighted by Crippen LogP contribution is -2.39. The zero-order chi connectivity index (χ0) is 18.1. The van der Waals surface area contributed by atoms with Gasteiger partial charge in [-0.2, -0.15) is 18.3 Å². The molecule has 1 amide bonds. The van der Waals surface area contributed by atoms with Gasteiger partial charge in [-0.15, -0.1) is 0 Å². The Hall–Kier alpha value is -2.42. The van der Waals surface area contributed by atoms with Crippen LogP contribution in [0.4, 0.5) is 17.6 Å². The minimum atomic E-state index is -4.87. The average Bonchev–Trinajstić information content (AvgIpc) is 2.91. The Morgan fingerprint density at radius 2 is 2.04 bits per heavy atom. The fourth-order valence-corrected chi connectivity index (χ4v) is 2.10. The van der Waals surface area contributed by atoms with Gasteiger partial charge in [-0.05, 0) is 25.1 Å². The van der Waals surface area contributed by atoms with Crippen molar-refractivity contribution < 1.29 is 27.5 Å². The summed E-state index contributed by atoms with van der Waals surface area (Å²) in [5.41, 5.74) is -3.23. The number of rotatable bonds is 4. The molecule has 1 unspecified atom stereocenters. The number of benzene rings is 1. The molecule has 0 aliphatic carbocycles. The van der Waals surface area contributed by atoms with Gasteiger partial charge in [0, 0.05) is 18.8 Å². The van der Waals surface area contributed by atoms with Crippen LogP contribution in [0, 0.1) is 5.82 Å². The third-order valence-electron chi connectivity index (χ3n) is 3.45. The van der Waals surface area contributed by atoms with Gasteiger partial charge in [0.1, 0.15) is 11.4 Å². The van der Waals surface area contributed by atoms with Crippen LogP contribution in [0.25, 0.3) is 0 Å². The number of alkyl halides is 3. The molecule has 1 atom stereocenters. The Kier molecular flexibility index (Phi) is 4.66. The van der Waals surface area contributed by atoms with E-state index in [4.69, 9.17) is 0 Å². The number of hydrogen-bond donors (Lipinski definition) is 2. The molecule has 1 heterocycles. The van der Waals surface area contributed by atoms with Crippen LogP contribution in [0.15, 0.2) is 30.6 Å². The molecule has 0 saturated carbocycles. The number of carbonyl (C=O) groups is 1. The van der Waals surface area contributed by atoms with Crippen LogP contribution in [0.1, 0.15) is 28.4 Å². The van der Waals surface area contributed by atoms with Crippen molar-refractivity contribution in [1.82, 2.24) is 15.1 Å². The molecule has 0 radical (unpaired) electrons. The van der Waals surface area contributed by atoms with Gasteiger partial charge in [-0.1, -0.05) is 0 Å². The minimum Gasteiger partial charge on any atom is -0.383 e. The topological polar surface area (TPSA) is 67.2 Å². The molecule has 2 rings (SSSR count). The number of nitrogens with one attached hydrogen (secondary N) is 1. The number of nitrogens with zero attached hydrogens (tertiary/aromatic N) is 2. The minimum absolute atomic E-state index is 0.258. The van der Waals surface area contributed by atoms with Gasteiger partial charge in [-0.25, -0.2) is 4.39 Å². The summed E-state index contributed by atoms with van der Waals surface area (Å²) in [6, 6.07) is 1.78. The zero-order valence-electron chi connectivity index (χ0n) is 12.9. The van der Waals surface area contributed by atoms with E-state index in [9.17, 15) is 27.5 Å². The second-order valence-corrected chi connectivity index (χ2v) is 5.55. The summed E-state index contributed by atoms with van der Waals surface area (Å²) in [7, 11) is 1.63. The van der Waals surface area contributed by atoms with Crippen LogP contribution in [-0.2, 0) is 18.8 Å². The molecule has 1 aromatic carbocycles. The predicted molar refractivity (Wildman–Crippen MR) is 76.5 cm³/mol. The molecule has 2 aromatic rings. The highest BCUT2D eigenvalue weighted by molar-refractivity contribution is 5.95. The Morgan fingerprint density at radius 3 is 2.58 bits per heavy atom. The van der Waals surface area contributed by atoms with E-state index in [0.29, 0.717) is 5.56 Å². The van der Waals surface area contributed by atoms with E-state index in [2.05, 4.69) is 10.4 Å². The number of amides is 1. The number of aliphatic hydroxyl groups is 1. The van der Waals surface area contributed by atoms with Crippen molar-refractivity contribution in [2.45, 2.75) is 18.7 Å². The summed E-state index contributed by atoms with van der Waals surface area (Å²) in [6.45, 7) is 1.05. The maximum atomic E-state index is 13.1.